The molecule has 2 aromatic carbocycles. The lowest BCUT2D eigenvalue weighted by atomic mass is 10.0. The summed E-state index contributed by atoms with van der Waals surface area (Å²) in [4.78, 5) is 11.4. The van der Waals surface area contributed by atoms with E-state index >= 15 is 0 Å². The first-order valence-electron chi connectivity index (χ1n) is 6.68. The summed E-state index contributed by atoms with van der Waals surface area (Å²) in [5.41, 5.74) is 2.03. The van der Waals surface area contributed by atoms with Crippen LogP contribution in [0.5, 0.6) is 11.5 Å². The van der Waals surface area contributed by atoms with Gasteiger partial charge in [0, 0.05) is 6.42 Å². The van der Waals surface area contributed by atoms with Crippen molar-refractivity contribution in [2.75, 3.05) is 7.11 Å². The van der Waals surface area contributed by atoms with Gasteiger partial charge in [-0.15, -0.1) is 0 Å². The van der Waals surface area contributed by atoms with E-state index in [1.165, 1.54) is 0 Å². The van der Waals surface area contributed by atoms with Crippen LogP contribution in [-0.4, -0.2) is 24.3 Å². The number of hydrogen-bond acceptors (Lipinski definition) is 3. The summed E-state index contributed by atoms with van der Waals surface area (Å²) in [6.45, 7) is 1.96. The van der Waals surface area contributed by atoms with E-state index in [2.05, 4.69) is 0 Å². The zero-order valence-electron chi connectivity index (χ0n) is 12.1. The maximum absolute atomic E-state index is 11.4. The van der Waals surface area contributed by atoms with Crippen LogP contribution in [0.15, 0.2) is 48.5 Å². The number of rotatable bonds is 6. The SMILES string of the molecule is COc1ccc(O[C@H](Cc2ccccc2C)C(=O)O)cc1. The second-order valence-electron chi connectivity index (χ2n) is 4.75. The number of methoxy groups -OCH3 is 1. The topological polar surface area (TPSA) is 55.8 Å². The molecular formula is C17H18O4. The summed E-state index contributed by atoms with van der Waals surface area (Å²) in [7, 11) is 1.58. The van der Waals surface area contributed by atoms with Crippen molar-refractivity contribution in [2.24, 2.45) is 0 Å². The molecule has 1 N–H and O–H groups in total. The van der Waals surface area contributed by atoms with Crippen molar-refractivity contribution in [3.63, 3.8) is 0 Å². The fraction of sp³-hybridized carbons (Fsp3) is 0.235. The molecule has 2 aromatic rings. The fourth-order valence-electron chi connectivity index (χ4n) is 2.04. The first kappa shape index (κ1) is 14.9. The van der Waals surface area contributed by atoms with Crippen molar-refractivity contribution in [1.29, 1.82) is 0 Å². The number of carbonyl (C=O) groups is 1. The molecule has 0 radical (unpaired) electrons. The molecule has 2 rings (SSSR count). The largest absolute Gasteiger partial charge is 0.497 e. The average molecular weight is 286 g/mol. The monoisotopic (exact) mass is 286 g/mol. The summed E-state index contributed by atoms with van der Waals surface area (Å²) in [6.07, 6.45) is -0.590. The van der Waals surface area contributed by atoms with Crippen LogP contribution in [0.2, 0.25) is 0 Å². The van der Waals surface area contributed by atoms with Gasteiger partial charge in [-0.05, 0) is 42.3 Å². The highest BCUT2D eigenvalue weighted by Gasteiger charge is 2.20. The van der Waals surface area contributed by atoms with Crippen LogP contribution < -0.4 is 9.47 Å². The van der Waals surface area contributed by atoms with Gasteiger partial charge in [-0.1, -0.05) is 24.3 Å². The van der Waals surface area contributed by atoms with Gasteiger partial charge in [-0.2, -0.15) is 0 Å². The van der Waals surface area contributed by atoms with Gasteiger partial charge in [0.15, 0.2) is 6.10 Å². The van der Waals surface area contributed by atoms with E-state index in [0.717, 1.165) is 11.1 Å². The van der Waals surface area contributed by atoms with E-state index < -0.39 is 12.1 Å². The van der Waals surface area contributed by atoms with Gasteiger partial charge < -0.3 is 14.6 Å². The summed E-state index contributed by atoms with van der Waals surface area (Å²) >= 11 is 0. The lowest BCUT2D eigenvalue weighted by Gasteiger charge is -2.16. The van der Waals surface area contributed by atoms with Crippen LogP contribution >= 0.6 is 0 Å². The standard InChI is InChI=1S/C17H18O4/c1-12-5-3-4-6-13(12)11-16(17(18)19)21-15-9-7-14(20-2)8-10-15/h3-10,16H,11H2,1-2H3,(H,18,19)/t16-/m1/s1. The molecule has 21 heavy (non-hydrogen) atoms. The Hall–Kier alpha value is -2.49. The lowest BCUT2D eigenvalue weighted by molar-refractivity contribution is -0.145. The summed E-state index contributed by atoms with van der Waals surface area (Å²) in [5.74, 6) is 0.235. The second kappa shape index (κ2) is 6.79. The highest BCUT2D eigenvalue weighted by molar-refractivity contribution is 5.73. The van der Waals surface area contributed by atoms with Gasteiger partial charge in [-0.3, -0.25) is 0 Å². The zero-order valence-corrected chi connectivity index (χ0v) is 12.1. The van der Waals surface area contributed by atoms with Gasteiger partial charge in [-0.25, -0.2) is 4.79 Å². The third kappa shape index (κ3) is 3.99. The number of aryl methyl sites for hydroxylation is 1. The van der Waals surface area contributed by atoms with Crippen LogP contribution in [0.1, 0.15) is 11.1 Å². The Bertz CT molecular complexity index is 604. The van der Waals surface area contributed by atoms with E-state index in [0.29, 0.717) is 17.9 Å². The number of carboxylic acids is 1. The van der Waals surface area contributed by atoms with E-state index in [1.807, 2.05) is 31.2 Å². The first-order valence-corrected chi connectivity index (χ1v) is 6.68. The molecule has 0 saturated heterocycles. The quantitative estimate of drug-likeness (QED) is 0.886. The van der Waals surface area contributed by atoms with Crippen molar-refractivity contribution in [3.05, 3.63) is 59.7 Å². The Morgan fingerprint density at radius 2 is 1.71 bits per heavy atom. The van der Waals surface area contributed by atoms with Crippen molar-refractivity contribution in [3.8, 4) is 11.5 Å². The molecule has 0 unspecified atom stereocenters. The average Bonchev–Trinajstić information content (AvgIpc) is 2.49. The van der Waals surface area contributed by atoms with E-state index in [-0.39, 0.29) is 0 Å². The molecule has 0 bridgehead atoms. The number of aliphatic carboxylic acids is 1. The summed E-state index contributed by atoms with van der Waals surface area (Å²) in [5, 5.41) is 9.34. The molecule has 0 aliphatic carbocycles. The molecule has 0 saturated carbocycles. The molecular weight excluding hydrogens is 268 g/mol. The van der Waals surface area contributed by atoms with Crippen LogP contribution in [0.25, 0.3) is 0 Å². The minimum atomic E-state index is -0.978. The van der Waals surface area contributed by atoms with Gasteiger partial charge >= 0.3 is 5.97 Å². The van der Waals surface area contributed by atoms with Gasteiger partial charge in [0.05, 0.1) is 7.11 Å². The highest BCUT2D eigenvalue weighted by Crippen LogP contribution is 2.20. The summed E-state index contributed by atoms with van der Waals surface area (Å²) in [6, 6.07) is 14.6. The van der Waals surface area contributed by atoms with Crippen molar-refractivity contribution in [2.45, 2.75) is 19.4 Å². The lowest BCUT2D eigenvalue weighted by Crippen LogP contribution is -2.29. The Morgan fingerprint density at radius 1 is 1.10 bits per heavy atom. The van der Waals surface area contributed by atoms with Crippen molar-refractivity contribution < 1.29 is 19.4 Å². The Morgan fingerprint density at radius 3 is 2.29 bits per heavy atom. The van der Waals surface area contributed by atoms with Crippen LogP contribution in [0, 0.1) is 6.92 Å². The maximum atomic E-state index is 11.4. The number of benzene rings is 2. The van der Waals surface area contributed by atoms with Crippen LogP contribution in [-0.2, 0) is 11.2 Å². The van der Waals surface area contributed by atoms with Gasteiger partial charge in [0.2, 0.25) is 0 Å². The molecule has 0 aromatic heterocycles. The molecule has 0 amide bonds. The predicted molar refractivity (Wildman–Crippen MR) is 79.9 cm³/mol. The van der Waals surface area contributed by atoms with E-state index in [9.17, 15) is 9.90 Å². The van der Waals surface area contributed by atoms with Crippen molar-refractivity contribution >= 4 is 5.97 Å². The molecule has 0 spiro atoms. The molecule has 1 atom stereocenters. The summed E-state index contributed by atoms with van der Waals surface area (Å²) < 4.78 is 10.6. The second-order valence-corrected chi connectivity index (χ2v) is 4.75. The van der Waals surface area contributed by atoms with Gasteiger partial charge in [0.1, 0.15) is 11.5 Å². The first-order chi connectivity index (χ1) is 10.1. The van der Waals surface area contributed by atoms with Crippen LogP contribution in [0.4, 0.5) is 0 Å². The van der Waals surface area contributed by atoms with E-state index in [1.54, 1.807) is 31.4 Å². The molecule has 4 heteroatoms. The fourth-order valence-corrected chi connectivity index (χ4v) is 2.04. The molecule has 110 valence electrons. The molecule has 0 aliphatic heterocycles. The minimum Gasteiger partial charge on any atom is -0.497 e. The number of hydrogen-bond donors (Lipinski definition) is 1. The number of carboxylic acid groups (broad SMARTS) is 1. The molecule has 4 nitrogen and oxygen atoms in total. The third-order valence-corrected chi connectivity index (χ3v) is 3.28. The van der Waals surface area contributed by atoms with E-state index in [4.69, 9.17) is 9.47 Å². The van der Waals surface area contributed by atoms with Crippen LogP contribution in [0.3, 0.4) is 0 Å². The highest BCUT2D eigenvalue weighted by atomic mass is 16.5. The Labute approximate surface area is 123 Å². The molecule has 0 fully saturated rings. The minimum absolute atomic E-state index is 0.327. The molecule has 0 heterocycles. The zero-order chi connectivity index (χ0) is 15.2. The number of ether oxygens (including phenoxy) is 2. The maximum Gasteiger partial charge on any atom is 0.345 e. The predicted octanol–water partition coefficient (Wildman–Crippen LogP) is 3.08. The Balaban J connectivity index is 2.12. The Kier molecular flexibility index (Phi) is 4.82. The molecule has 0 aliphatic rings. The van der Waals surface area contributed by atoms with Gasteiger partial charge in [0.25, 0.3) is 0 Å². The van der Waals surface area contributed by atoms with Crippen molar-refractivity contribution in [1.82, 2.24) is 0 Å². The smallest absolute Gasteiger partial charge is 0.345 e. The third-order valence-electron chi connectivity index (χ3n) is 3.28. The normalized spacial score (nSPS) is 11.7.